The van der Waals surface area contributed by atoms with Crippen LogP contribution < -0.4 is 10.6 Å². The fourth-order valence-corrected chi connectivity index (χ4v) is 2.33. The molecule has 18 heavy (non-hydrogen) atoms. The van der Waals surface area contributed by atoms with Gasteiger partial charge in [0.15, 0.2) is 0 Å². The fourth-order valence-electron chi connectivity index (χ4n) is 2.33. The van der Waals surface area contributed by atoms with Crippen LogP contribution in [0.3, 0.4) is 0 Å². The first-order valence-electron chi connectivity index (χ1n) is 6.51. The molecule has 100 valence electrons. The zero-order valence-corrected chi connectivity index (χ0v) is 11.6. The van der Waals surface area contributed by atoms with E-state index in [1.165, 1.54) is 0 Å². The first-order chi connectivity index (χ1) is 8.60. The molecule has 1 saturated heterocycles. The normalized spacial score (nSPS) is 23.8. The summed E-state index contributed by atoms with van der Waals surface area (Å²) >= 11 is 0. The number of nitrogens with zero attached hydrogens (tertiary/aromatic N) is 2. The summed E-state index contributed by atoms with van der Waals surface area (Å²) in [6.45, 7) is 6.89. The molecule has 2 rings (SSSR count). The SMILES string of the molecule is CNc1nc(C)nc(NC2CCOC(C)C2)c1C. The Hall–Kier alpha value is -1.36. The number of hydrogen-bond acceptors (Lipinski definition) is 5. The number of aromatic nitrogens is 2. The molecule has 0 saturated carbocycles. The predicted octanol–water partition coefficient (Wildman–Crippen LogP) is 2.11. The minimum absolute atomic E-state index is 0.322. The van der Waals surface area contributed by atoms with E-state index in [9.17, 15) is 0 Å². The van der Waals surface area contributed by atoms with E-state index in [-0.39, 0.29) is 0 Å². The third-order valence-corrected chi connectivity index (χ3v) is 3.32. The highest BCUT2D eigenvalue weighted by atomic mass is 16.5. The number of rotatable bonds is 3. The van der Waals surface area contributed by atoms with Crippen molar-refractivity contribution < 1.29 is 4.74 Å². The first kappa shape index (κ1) is 13.1. The van der Waals surface area contributed by atoms with Gasteiger partial charge >= 0.3 is 0 Å². The van der Waals surface area contributed by atoms with Crippen LogP contribution in [0.15, 0.2) is 0 Å². The van der Waals surface area contributed by atoms with E-state index in [1.807, 2.05) is 20.9 Å². The van der Waals surface area contributed by atoms with Gasteiger partial charge in [-0.25, -0.2) is 9.97 Å². The second-order valence-corrected chi connectivity index (χ2v) is 4.89. The van der Waals surface area contributed by atoms with Gasteiger partial charge in [-0.05, 0) is 33.6 Å². The van der Waals surface area contributed by atoms with Crippen LogP contribution in [0.25, 0.3) is 0 Å². The summed E-state index contributed by atoms with van der Waals surface area (Å²) in [5.74, 6) is 2.61. The molecule has 0 aromatic carbocycles. The number of anilines is 2. The van der Waals surface area contributed by atoms with E-state index in [0.717, 1.165) is 42.5 Å². The Morgan fingerprint density at radius 1 is 1.22 bits per heavy atom. The molecule has 2 N–H and O–H groups in total. The Bertz CT molecular complexity index is 422. The van der Waals surface area contributed by atoms with Gasteiger partial charge in [-0.15, -0.1) is 0 Å². The Morgan fingerprint density at radius 2 is 1.94 bits per heavy atom. The van der Waals surface area contributed by atoms with Crippen LogP contribution in [0.2, 0.25) is 0 Å². The Balaban J connectivity index is 2.15. The zero-order valence-electron chi connectivity index (χ0n) is 11.6. The maximum Gasteiger partial charge on any atom is 0.134 e. The van der Waals surface area contributed by atoms with Crippen molar-refractivity contribution in [3.05, 3.63) is 11.4 Å². The van der Waals surface area contributed by atoms with Gasteiger partial charge < -0.3 is 15.4 Å². The third-order valence-electron chi connectivity index (χ3n) is 3.32. The van der Waals surface area contributed by atoms with Gasteiger partial charge in [0.05, 0.1) is 6.10 Å². The number of nitrogens with one attached hydrogen (secondary N) is 2. The topological polar surface area (TPSA) is 59.1 Å². The van der Waals surface area contributed by atoms with Gasteiger partial charge in [-0.2, -0.15) is 0 Å². The molecule has 1 aromatic rings. The molecular formula is C13H22N4O. The number of ether oxygens (including phenoxy) is 1. The molecule has 2 unspecified atom stereocenters. The van der Waals surface area contributed by atoms with Crippen LogP contribution in [-0.4, -0.2) is 35.8 Å². The van der Waals surface area contributed by atoms with Crippen molar-refractivity contribution in [2.75, 3.05) is 24.3 Å². The van der Waals surface area contributed by atoms with Crippen LogP contribution >= 0.6 is 0 Å². The summed E-state index contributed by atoms with van der Waals surface area (Å²) < 4.78 is 5.56. The van der Waals surface area contributed by atoms with Crippen LogP contribution in [0.1, 0.15) is 31.2 Å². The highest BCUT2D eigenvalue weighted by molar-refractivity contribution is 5.57. The zero-order chi connectivity index (χ0) is 13.1. The van der Waals surface area contributed by atoms with Crippen molar-refractivity contribution in [3.63, 3.8) is 0 Å². The highest BCUT2D eigenvalue weighted by Gasteiger charge is 2.20. The average Bonchev–Trinajstić information content (AvgIpc) is 2.33. The molecule has 1 aromatic heterocycles. The van der Waals surface area contributed by atoms with Gasteiger partial charge in [0.25, 0.3) is 0 Å². The molecule has 5 heteroatoms. The van der Waals surface area contributed by atoms with Gasteiger partial charge in [0.1, 0.15) is 17.5 Å². The van der Waals surface area contributed by atoms with Crippen LogP contribution in [0.4, 0.5) is 11.6 Å². The summed E-state index contributed by atoms with van der Waals surface area (Å²) in [6, 6.07) is 0.437. The van der Waals surface area contributed by atoms with E-state index < -0.39 is 0 Å². The second-order valence-electron chi connectivity index (χ2n) is 4.89. The molecule has 1 aliphatic rings. The van der Waals surface area contributed by atoms with E-state index in [4.69, 9.17) is 4.74 Å². The van der Waals surface area contributed by atoms with Crippen molar-refractivity contribution in [3.8, 4) is 0 Å². The molecule has 0 spiro atoms. The first-order valence-corrected chi connectivity index (χ1v) is 6.51. The summed E-state index contributed by atoms with van der Waals surface area (Å²) in [7, 11) is 1.88. The Morgan fingerprint density at radius 3 is 2.61 bits per heavy atom. The van der Waals surface area contributed by atoms with Crippen molar-refractivity contribution in [1.82, 2.24) is 9.97 Å². The lowest BCUT2D eigenvalue weighted by atomic mass is 10.0. The largest absolute Gasteiger partial charge is 0.378 e. The molecule has 0 bridgehead atoms. The minimum Gasteiger partial charge on any atom is -0.378 e. The van der Waals surface area contributed by atoms with E-state index in [2.05, 4.69) is 27.5 Å². The standard InChI is InChI=1S/C13H22N4O/c1-8-7-11(5-6-18-8)17-13-9(2)12(14-4)15-10(3)16-13/h8,11H,5-7H2,1-4H3,(H2,14,15,16,17). The predicted molar refractivity (Wildman–Crippen MR) is 73.1 cm³/mol. The average molecular weight is 250 g/mol. The number of hydrogen-bond donors (Lipinski definition) is 2. The van der Waals surface area contributed by atoms with Crippen LogP contribution in [0.5, 0.6) is 0 Å². The lowest BCUT2D eigenvalue weighted by molar-refractivity contribution is 0.0231. The van der Waals surface area contributed by atoms with E-state index in [1.54, 1.807) is 0 Å². The van der Waals surface area contributed by atoms with Crippen molar-refractivity contribution in [2.24, 2.45) is 0 Å². The van der Waals surface area contributed by atoms with Crippen molar-refractivity contribution >= 4 is 11.6 Å². The second kappa shape index (κ2) is 5.52. The maximum absolute atomic E-state index is 5.56. The quantitative estimate of drug-likeness (QED) is 0.860. The lowest BCUT2D eigenvalue weighted by Gasteiger charge is -2.29. The molecular weight excluding hydrogens is 228 g/mol. The van der Waals surface area contributed by atoms with E-state index in [0.29, 0.717) is 12.1 Å². The minimum atomic E-state index is 0.322. The van der Waals surface area contributed by atoms with Crippen LogP contribution in [0, 0.1) is 13.8 Å². The van der Waals surface area contributed by atoms with Crippen LogP contribution in [-0.2, 0) is 4.74 Å². The van der Waals surface area contributed by atoms with Gasteiger partial charge in [0.2, 0.25) is 0 Å². The lowest BCUT2D eigenvalue weighted by Crippen LogP contribution is -2.33. The monoisotopic (exact) mass is 250 g/mol. The molecule has 0 amide bonds. The van der Waals surface area contributed by atoms with Gasteiger partial charge in [-0.3, -0.25) is 0 Å². The van der Waals surface area contributed by atoms with Crippen molar-refractivity contribution in [1.29, 1.82) is 0 Å². The van der Waals surface area contributed by atoms with Crippen molar-refractivity contribution in [2.45, 2.75) is 45.8 Å². The summed E-state index contributed by atoms with van der Waals surface area (Å²) in [6.07, 6.45) is 2.38. The third kappa shape index (κ3) is 2.90. The smallest absolute Gasteiger partial charge is 0.134 e. The fraction of sp³-hybridized carbons (Fsp3) is 0.692. The summed E-state index contributed by atoms with van der Waals surface area (Å²) in [4.78, 5) is 8.87. The van der Waals surface area contributed by atoms with E-state index >= 15 is 0 Å². The molecule has 0 radical (unpaired) electrons. The Labute approximate surface area is 108 Å². The maximum atomic E-state index is 5.56. The molecule has 5 nitrogen and oxygen atoms in total. The molecule has 2 heterocycles. The molecule has 2 atom stereocenters. The summed E-state index contributed by atoms with van der Waals surface area (Å²) in [5, 5.41) is 6.63. The molecule has 1 fully saturated rings. The highest BCUT2D eigenvalue weighted by Crippen LogP contribution is 2.23. The summed E-state index contributed by atoms with van der Waals surface area (Å²) in [5.41, 5.74) is 1.07. The Kier molecular flexibility index (Phi) is 4.01. The molecule has 1 aliphatic heterocycles. The van der Waals surface area contributed by atoms with Gasteiger partial charge in [0, 0.05) is 25.3 Å². The van der Waals surface area contributed by atoms with Gasteiger partial charge in [-0.1, -0.05) is 0 Å². The number of aryl methyl sites for hydroxylation is 1. The molecule has 0 aliphatic carbocycles.